The van der Waals surface area contributed by atoms with Crippen LogP contribution < -0.4 is 10.5 Å². The van der Waals surface area contributed by atoms with E-state index in [2.05, 4.69) is 10.1 Å². The van der Waals surface area contributed by atoms with Gasteiger partial charge in [-0.2, -0.15) is 4.98 Å². The zero-order valence-electron chi connectivity index (χ0n) is 10.9. The second-order valence-corrected chi connectivity index (χ2v) is 4.22. The van der Waals surface area contributed by atoms with Crippen LogP contribution in [0.25, 0.3) is 0 Å². The molecule has 2 rings (SSSR count). The topological polar surface area (TPSA) is 74.2 Å². The van der Waals surface area contributed by atoms with E-state index in [1.807, 2.05) is 6.92 Å². The number of hydrogen-bond acceptors (Lipinski definition) is 5. The molecule has 0 aliphatic carbocycles. The Hall–Kier alpha value is -1.95. The number of halogens is 1. The van der Waals surface area contributed by atoms with E-state index in [1.54, 1.807) is 19.1 Å². The SMILES string of the molecule is CCc1noc(COc2ccc(C(C)N)c(F)c2)n1. The molecular formula is C13H16FN3O2. The minimum Gasteiger partial charge on any atom is -0.484 e. The average Bonchev–Trinajstić information content (AvgIpc) is 2.84. The van der Waals surface area contributed by atoms with Crippen LogP contribution in [0.4, 0.5) is 4.39 Å². The quantitative estimate of drug-likeness (QED) is 0.898. The first kappa shape index (κ1) is 13.5. The first-order valence-corrected chi connectivity index (χ1v) is 6.09. The summed E-state index contributed by atoms with van der Waals surface area (Å²) in [6.07, 6.45) is 0.696. The number of nitrogens with two attached hydrogens (primary N) is 1. The molecule has 1 atom stereocenters. The van der Waals surface area contributed by atoms with E-state index in [1.165, 1.54) is 6.07 Å². The van der Waals surface area contributed by atoms with E-state index in [4.69, 9.17) is 15.0 Å². The summed E-state index contributed by atoms with van der Waals surface area (Å²) in [4.78, 5) is 4.10. The minimum absolute atomic E-state index is 0.115. The highest BCUT2D eigenvalue weighted by Gasteiger charge is 2.09. The predicted molar refractivity (Wildman–Crippen MR) is 67.0 cm³/mol. The van der Waals surface area contributed by atoms with Gasteiger partial charge in [-0.25, -0.2) is 4.39 Å². The van der Waals surface area contributed by atoms with Crippen LogP contribution in [0.2, 0.25) is 0 Å². The Labute approximate surface area is 110 Å². The number of aryl methyl sites for hydroxylation is 1. The summed E-state index contributed by atoms with van der Waals surface area (Å²) in [5.41, 5.74) is 6.09. The van der Waals surface area contributed by atoms with E-state index < -0.39 is 0 Å². The Morgan fingerprint density at radius 1 is 1.47 bits per heavy atom. The maximum absolute atomic E-state index is 13.7. The highest BCUT2D eigenvalue weighted by Crippen LogP contribution is 2.21. The largest absolute Gasteiger partial charge is 0.484 e. The predicted octanol–water partition coefficient (Wildman–Crippen LogP) is 2.37. The van der Waals surface area contributed by atoms with E-state index in [-0.39, 0.29) is 18.5 Å². The Kier molecular flexibility index (Phi) is 4.11. The van der Waals surface area contributed by atoms with Gasteiger partial charge in [-0.05, 0) is 13.0 Å². The fourth-order valence-corrected chi connectivity index (χ4v) is 1.60. The van der Waals surface area contributed by atoms with Crippen molar-refractivity contribution in [2.24, 2.45) is 5.73 Å². The number of rotatable bonds is 5. The monoisotopic (exact) mass is 265 g/mol. The van der Waals surface area contributed by atoms with Crippen molar-refractivity contribution in [1.82, 2.24) is 10.1 Å². The molecule has 2 aromatic rings. The molecule has 0 radical (unpaired) electrons. The Morgan fingerprint density at radius 2 is 2.26 bits per heavy atom. The molecule has 0 aliphatic rings. The van der Waals surface area contributed by atoms with E-state index >= 15 is 0 Å². The zero-order chi connectivity index (χ0) is 13.8. The molecule has 0 bridgehead atoms. The molecule has 5 nitrogen and oxygen atoms in total. The third-order valence-corrected chi connectivity index (χ3v) is 2.65. The second kappa shape index (κ2) is 5.79. The smallest absolute Gasteiger partial charge is 0.264 e. The van der Waals surface area contributed by atoms with Crippen molar-refractivity contribution in [2.75, 3.05) is 0 Å². The molecule has 0 spiro atoms. The van der Waals surface area contributed by atoms with Gasteiger partial charge in [-0.15, -0.1) is 0 Å². The molecule has 0 amide bonds. The lowest BCUT2D eigenvalue weighted by atomic mass is 10.1. The number of benzene rings is 1. The molecule has 1 unspecified atom stereocenters. The van der Waals surface area contributed by atoms with Gasteiger partial charge in [0.2, 0.25) is 0 Å². The van der Waals surface area contributed by atoms with Gasteiger partial charge in [0.05, 0.1) is 0 Å². The van der Waals surface area contributed by atoms with Gasteiger partial charge in [0.25, 0.3) is 5.89 Å². The third-order valence-electron chi connectivity index (χ3n) is 2.65. The lowest BCUT2D eigenvalue weighted by molar-refractivity contribution is 0.241. The summed E-state index contributed by atoms with van der Waals surface area (Å²) in [7, 11) is 0. The highest BCUT2D eigenvalue weighted by atomic mass is 19.1. The van der Waals surface area contributed by atoms with Crippen LogP contribution in [0.15, 0.2) is 22.7 Å². The molecule has 1 aromatic heterocycles. The van der Waals surface area contributed by atoms with Crippen LogP contribution in [0, 0.1) is 5.82 Å². The Morgan fingerprint density at radius 3 is 2.84 bits per heavy atom. The van der Waals surface area contributed by atoms with Crippen LogP contribution in [-0.2, 0) is 13.0 Å². The van der Waals surface area contributed by atoms with Gasteiger partial charge < -0.3 is 15.0 Å². The van der Waals surface area contributed by atoms with Crippen LogP contribution in [0.5, 0.6) is 5.75 Å². The molecule has 0 saturated carbocycles. The highest BCUT2D eigenvalue weighted by molar-refractivity contribution is 5.30. The number of nitrogens with zero attached hydrogens (tertiary/aromatic N) is 2. The summed E-state index contributed by atoms with van der Waals surface area (Å²) in [5, 5.41) is 3.75. The fraction of sp³-hybridized carbons (Fsp3) is 0.385. The van der Waals surface area contributed by atoms with Crippen molar-refractivity contribution in [3.63, 3.8) is 0 Å². The molecule has 0 fully saturated rings. The molecule has 6 heteroatoms. The van der Waals surface area contributed by atoms with Crippen LogP contribution in [0.1, 0.15) is 37.2 Å². The minimum atomic E-state index is -0.382. The molecular weight excluding hydrogens is 249 g/mol. The maximum atomic E-state index is 13.7. The lowest BCUT2D eigenvalue weighted by Crippen LogP contribution is -2.07. The number of ether oxygens (including phenoxy) is 1. The molecule has 19 heavy (non-hydrogen) atoms. The van der Waals surface area contributed by atoms with Crippen molar-refractivity contribution in [1.29, 1.82) is 0 Å². The van der Waals surface area contributed by atoms with Gasteiger partial charge >= 0.3 is 0 Å². The van der Waals surface area contributed by atoms with E-state index in [0.29, 0.717) is 29.4 Å². The standard InChI is InChI=1S/C13H16FN3O2/c1-3-12-16-13(19-17-12)7-18-9-4-5-10(8(2)15)11(14)6-9/h4-6,8H,3,7,15H2,1-2H3. The van der Waals surface area contributed by atoms with Crippen molar-refractivity contribution in [3.05, 3.63) is 41.3 Å². The average molecular weight is 265 g/mol. The molecule has 1 aromatic carbocycles. The van der Waals surface area contributed by atoms with Gasteiger partial charge in [0.1, 0.15) is 11.6 Å². The van der Waals surface area contributed by atoms with Crippen molar-refractivity contribution < 1.29 is 13.7 Å². The summed E-state index contributed by atoms with van der Waals surface area (Å²) < 4.78 is 24.0. The van der Waals surface area contributed by atoms with E-state index in [0.717, 1.165) is 0 Å². The summed E-state index contributed by atoms with van der Waals surface area (Å²) >= 11 is 0. The fourth-order valence-electron chi connectivity index (χ4n) is 1.60. The first-order chi connectivity index (χ1) is 9.10. The van der Waals surface area contributed by atoms with Crippen molar-refractivity contribution in [3.8, 4) is 5.75 Å². The number of aromatic nitrogens is 2. The first-order valence-electron chi connectivity index (χ1n) is 6.09. The van der Waals surface area contributed by atoms with Crippen molar-refractivity contribution in [2.45, 2.75) is 32.9 Å². The van der Waals surface area contributed by atoms with Gasteiger partial charge in [-0.1, -0.05) is 18.1 Å². The second-order valence-electron chi connectivity index (χ2n) is 4.22. The van der Waals surface area contributed by atoms with Crippen LogP contribution in [-0.4, -0.2) is 10.1 Å². The van der Waals surface area contributed by atoms with Crippen molar-refractivity contribution >= 4 is 0 Å². The van der Waals surface area contributed by atoms with Gasteiger partial charge in [0, 0.05) is 24.1 Å². The van der Waals surface area contributed by atoms with Crippen LogP contribution >= 0.6 is 0 Å². The van der Waals surface area contributed by atoms with E-state index in [9.17, 15) is 4.39 Å². The van der Waals surface area contributed by atoms with Gasteiger partial charge in [0.15, 0.2) is 12.4 Å². The maximum Gasteiger partial charge on any atom is 0.264 e. The summed E-state index contributed by atoms with van der Waals surface area (Å²) in [6.45, 7) is 3.77. The summed E-state index contributed by atoms with van der Waals surface area (Å²) in [5.74, 6) is 1.01. The molecule has 102 valence electrons. The molecule has 1 heterocycles. The lowest BCUT2D eigenvalue weighted by Gasteiger charge is -2.09. The molecule has 2 N–H and O–H groups in total. The van der Waals surface area contributed by atoms with Crippen LogP contribution in [0.3, 0.4) is 0 Å². The van der Waals surface area contributed by atoms with Gasteiger partial charge in [-0.3, -0.25) is 0 Å². The Balaban J connectivity index is 2.01. The Bertz CT molecular complexity index is 555. The third kappa shape index (κ3) is 3.29. The number of hydrogen-bond donors (Lipinski definition) is 1. The normalized spacial score (nSPS) is 12.4. The molecule has 0 saturated heterocycles. The molecule has 0 aliphatic heterocycles. The zero-order valence-corrected chi connectivity index (χ0v) is 10.9. The summed E-state index contributed by atoms with van der Waals surface area (Å²) in [6, 6.07) is 4.23.